The zero-order valence-electron chi connectivity index (χ0n) is 16.8. The minimum Gasteiger partial charge on any atom is -0.481 e. The highest BCUT2D eigenvalue weighted by molar-refractivity contribution is 5.96. The molecule has 1 saturated heterocycles. The Morgan fingerprint density at radius 1 is 1.21 bits per heavy atom. The Morgan fingerprint density at radius 2 is 1.97 bits per heavy atom. The third-order valence-corrected chi connectivity index (χ3v) is 4.90. The van der Waals surface area contributed by atoms with E-state index in [0.29, 0.717) is 49.2 Å². The van der Waals surface area contributed by atoms with Crippen LogP contribution in [0.25, 0.3) is 0 Å². The second kappa shape index (κ2) is 9.35. The van der Waals surface area contributed by atoms with E-state index in [2.05, 4.69) is 20.4 Å². The van der Waals surface area contributed by atoms with E-state index in [-0.39, 0.29) is 23.6 Å². The number of nitrogens with one attached hydrogen (secondary N) is 1. The van der Waals surface area contributed by atoms with Crippen LogP contribution in [-0.2, 0) is 11.2 Å². The average Bonchev–Trinajstić information content (AvgIpc) is 3.22. The maximum absolute atomic E-state index is 12.4. The summed E-state index contributed by atoms with van der Waals surface area (Å²) in [6.07, 6.45) is 2.05. The van der Waals surface area contributed by atoms with Gasteiger partial charge in [-0.2, -0.15) is 9.97 Å². The smallest absolute Gasteiger partial charge is 0.256 e. The summed E-state index contributed by atoms with van der Waals surface area (Å²) in [7, 11) is 2.94. The van der Waals surface area contributed by atoms with E-state index in [9.17, 15) is 9.59 Å². The molecule has 1 N–H and O–H groups in total. The first-order valence-corrected chi connectivity index (χ1v) is 9.47. The summed E-state index contributed by atoms with van der Waals surface area (Å²) in [5.74, 6) is 1.66. The van der Waals surface area contributed by atoms with Gasteiger partial charge in [0.25, 0.3) is 5.91 Å². The van der Waals surface area contributed by atoms with Gasteiger partial charge < -0.3 is 24.2 Å². The Hall–Kier alpha value is -3.17. The molecule has 10 heteroatoms. The molecule has 1 fully saturated rings. The van der Waals surface area contributed by atoms with Gasteiger partial charge >= 0.3 is 0 Å². The van der Waals surface area contributed by atoms with Gasteiger partial charge in [-0.05, 0) is 18.9 Å². The Kier molecular flexibility index (Phi) is 6.63. The van der Waals surface area contributed by atoms with Gasteiger partial charge in [-0.25, -0.2) is 0 Å². The van der Waals surface area contributed by atoms with E-state index in [4.69, 9.17) is 14.0 Å². The third kappa shape index (κ3) is 5.01. The van der Waals surface area contributed by atoms with Crippen LogP contribution >= 0.6 is 0 Å². The second-order valence-electron chi connectivity index (χ2n) is 6.74. The largest absolute Gasteiger partial charge is 0.481 e. The molecule has 0 radical (unpaired) electrons. The number of likely N-dealkylation sites (tertiary alicyclic amines) is 1. The van der Waals surface area contributed by atoms with Crippen molar-refractivity contribution in [3.05, 3.63) is 29.4 Å². The van der Waals surface area contributed by atoms with Crippen molar-refractivity contribution in [1.29, 1.82) is 0 Å². The van der Waals surface area contributed by atoms with E-state index in [1.54, 1.807) is 19.1 Å². The Labute approximate surface area is 168 Å². The van der Waals surface area contributed by atoms with Crippen LogP contribution in [0.2, 0.25) is 0 Å². The van der Waals surface area contributed by atoms with Gasteiger partial charge in [-0.15, -0.1) is 0 Å². The number of piperidine rings is 1. The van der Waals surface area contributed by atoms with Crippen LogP contribution in [0.3, 0.4) is 0 Å². The molecule has 3 rings (SSSR count). The third-order valence-electron chi connectivity index (χ3n) is 4.90. The topological polar surface area (TPSA) is 120 Å². The number of ether oxygens (including phenoxy) is 2. The quantitative estimate of drug-likeness (QED) is 0.732. The summed E-state index contributed by atoms with van der Waals surface area (Å²) in [6, 6.07) is 3.19. The molecule has 0 unspecified atom stereocenters. The van der Waals surface area contributed by atoms with Crippen LogP contribution in [0.4, 0.5) is 0 Å². The molecule has 0 aromatic carbocycles. The van der Waals surface area contributed by atoms with E-state index < -0.39 is 0 Å². The van der Waals surface area contributed by atoms with Crippen LogP contribution in [0.1, 0.15) is 47.8 Å². The molecular formula is C19H25N5O5. The SMILES string of the molecule is COc1ccc(C(=O)NCCc2nc(C3CCN(C(C)=O)CC3)no2)c(OC)n1. The lowest BCUT2D eigenvalue weighted by Crippen LogP contribution is -2.36. The van der Waals surface area contributed by atoms with E-state index in [0.717, 1.165) is 12.8 Å². The normalized spacial score (nSPS) is 14.5. The molecule has 29 heavy (non-hydrogen) atoms. The first-order chi connectivity index (χ1) is 14.0. The highest BCUT2D eigenvalue weighted by Gasteiger charge is 2.25. The van der Waals surface area contributed by atoms with Gasteiger partial charge in [0, 0.05) is 45.0 Å². The van der Waals surface area contributed by atoms with Crippen LogP contribution < -0.4 is 14.8 Å². The van der Waals surface area contributed by atoms with Crippen molar-refractivity contribution in [2.24, 2.45) is 0 Å². The van der Waals surface area contributed by atoms with Crippen LogP contribution in [0.15, 0.2) is 16.7 Å². The second-order valence-corrected chi connectivity index (χ2v) is 6.74. The summed E-state index contributed by atoms with van der Waals surface area (Å²) in [5.41, 5.74) is 0.316. The highest BCUT2D eigenvalue weighted by atomic mass is 16.5. The number of aromatic nitrogens is 3. The number of pyridine rings is 1. The monoisotopic (exact) mass is 403 g/mol. The van der Waals surface area contributed by atoms with E-state index in [1.807, 2.05) is 4.90 Å². The summed E-state index contributed by atoms with van der Waals surface area (Å²) in [6.45, 7) is 3.33. The van der Waals surface area contributed by atoms with Gasteiger partial charge in [0.2, 0.25) is 23.6 Å². The molecule has 1 aliphatic rings. The lowest BCUT2D eigenvalue weighted by Gasteiger charge is -2.29. The number of carbonyl (C=O) groups is 2. The molecule has 0 aliphatic carbocycles. The van der Waals surface area contributed by atoms with Crippen molar-refractivity contribution < 1.29 is 23.6 Å². The summed E-state index contributed by atoms with van der Waals surface area (Å²) < 4.78 is 15.5. The van der Waals surface area contributed by atoms with Crippen LogP contribution in [0, 0.1) is 0 Å². The number of carbonyl (C=O) groups excluding carboxylic acids is 2. The van der Waals surface area contributed by atoms with Gasteiger partial charge in [0.1, 0.15) is 5.56 Å². The minimum atomic E-state index is -0.312. The number of hydrogen-bond acceptors (Lipinski definition) is 8. The molecule has 0 atom stereocenters. The fourth-order valence-electron chi connectivity index (χ4n) is 3.23. The van der Waals surface area contributed by atoms with E-state index in [1.165, 1.54) is 14.2 Å². The molecular weight excluding hydrogens is 378 g/mol. The molecule has 2 aromatic rings. The predicted octanol–water partition coefficient (Wildman–Crippen LogP) is 1.18. The van der Waals surface area contributed by atoms with Gasteiger partial charge in [0.05, 0.1) is 14.2 Å². The van der Waals surface area contributed by atoms with Crippen molar-refractivity contribution in [2.45, 2.75) is 32.1 Å². The highest BCUT2D eigenvalue weighted by Crippen LogP contribution is 2.26. The zero-order chi connectivity index (χ0) is 20.8. The molecule has 2 amide bonds. The van der Waals surface area contributed by atoms with E-state index >= 15 is 0 Å². The predicted molar refractivity (Wildman–Crippen MR) is 102 cm³/mol. The summed E-state index contributed by atoms with van der Waals surface area (Å²) in [5, 5.41) is 6.86. The van der Waals surface area contributed by atoms with Crippen molar-refractivity contribution >= 4 is 11.8 Å². The van der Waals surface area contributed by atoms with Gasteiger partial charge in [0.15, 0.2) is 5.82 Å². The molecule has 0 bridgehead atoms. The van der Waals surface area contributed by atoms with Crippen LogP contribution in [0.5, 0.6) is 11.8 Å². The molecule has 10 nitrogen and oxygen atoms in total. The van der Waals surface area contributed by atoms with Crippen molar-refractivity contribution in [2.75, 3.05) is 33.9 Å². The zero-order valence-corrected chi connectivity index (χ0v) is 16.8. The van der Waals surface area contributed by atoms with Crippen molar-refractivity contribution in [3.63, 3.8) is 0 Å². The van der Waals surface area contributed by atoms with Crippen molar-refractivity contribution in [1.82, 2.24) is 25.3 Å². The minimum absolute atomic E-state index is 0.0942. The van der Waals surface area contributed by atoms with Gasteiger partial charge in [-0.1, -0.05) is 5.16 Å². The maximum atomic E-state index is 12.4. The number of amides is 2. The number of hydrogen-bond donors (Lipinski definition) is 1. The standard InChI is InChI=1S/C19H25N5O5/c1-12(25)24-10-7-13(8-11-24)17-21-16(29-23-17)6-9-20-18(26)14-4-5-15(27-2)22-19(14)28-3/h4-5,13H,6-11H2,1-3H3,(H,20,26). The molecule has 156 valence electrons. The Bertz CT molecular complexity index is 860. The number of methoxy groups -OCH3 is 2. The fourth-order valence-corrected chi connectivity index (χ4v) is 3.23. The summed E-state index contributed by atoms with van der Waals surface area (Å²) in [4.78, 5) is 34.2. The first-order valence-electron chi connectivity index (χ1n) is 9.47. The Morgan fingerprint density at radius 3 is 2.62 bits per heavy atom. The lowest BCUT2D eigenvalue weighted by atomic mass is 9.96. The Balaban J connectivity index is 1.50. The van der Waals surface area contributed by atoms with Crippen molar-refractivity contribution in [3.8, 4) is 11.8 Å². The molecule has 2 aromatic heterocycles. The lowest BCUT2D eigenvalue weighted by molar-refractivity contribution is -0.129. The molecule has 3 heterocycles. The molecule has 0 saturated carbocycles. The number of rotatable bonds is 7. The average molecular weight is 403 g/mol. The molecule has 0 spiro atoms. The number of nitrogens with zero attached hydrogens (tertiary/aromatic N) is 4. The summed E-state index contributed by atoms with van der Waals surface area (Å²) >= 11 is 0. The van der Waals surface area contributed by atoms with Gasteiger partial charge in [-0.3, -0.25) is 9.59 Å². The fraction of sp³-hybridized carbons (Fsp3) is 0.526. The van der Waals surface area contributed by atoms with Crippen LogP contribution in [-0.4, -0.2) is 65.7 Å². The first kappa shape index (κ1) is 20.6. The molecule has 1 aliphatic heterocycles. The maximum Gasteiger partial charge on any atom is 0.256 e.